The third kappa shape index (κ3) is 3.43. The predicted octanol–water partition coefficient (Wildman–Crippen LogP) is 1.46. The number of nitrogens with zero attached hydrogens (tertiary/aromatic N) is 1. The van der Waals surface area contributed by atoms with Crippen molar-refractivity contribution in [2.24, 2.45) is 11.8 Å². The van der Waals surface area contributed by atoms with Gasteiger partial charge in [0.2, 0.25) is 5.91 Å². The molecule has 5 nitrogen and oxygen atoms in total. The van der Waals surface area contributed by atoms with Gasteiger partial charge >= 0.3 is 0 Å². The number of hydrogen-bond acceptors (Lipinski definition) is 3. The molecule has 1 aliphatic rings. The highest BCUT2D eigenvalue weighted by Gasteiger charge is 2.32. The Morgan fingerprint density at radius 2 is 2.21 bits per heavy atom. The molecule has 5 heteroatoms. The smallest absolute Gasteiger partial charge is 0.223 e. The van der Waals surface area contributed by atoms with Gasteiger partial charge in [-0.05, 0) is 12.8 Å². The van der Waals surface area contributed by atoms with Crippen LogP contribution in [0.1, 0.15) is 38.8 Å². The summed E-state index contributed by atoms with van der Waals surface area (Å²) in [6.07, 6.45) is 6.80. The van der Waals surface area contributed by atoms with E-state index < -0.39 is 6.04 Å². The molecule has 1 saturated carbocycles. The maximum atomic E-state index is 12.4. The van der Waals surface area contributed by atoms with Crippen LogP contribution in [-0.4, -0.2) is 27.7 Å². The largest absolute Gasteiger partial charge is 0.348 e. The van der Waals surface area contributed by atoms with E-state index in [1.165, 1.54) is 0 Å². The summed E-state index contributed by atoms with van der Waals surface area (Å²) in [6, 6.07) is -0.430. The number of carbonyl (C=O) groups is 2. The second-order valence-corrected chi connectivity index (χ2v) is 5.53. The van der Waals surface area contributed by atoms with Crippen molar-refractivity contribution in [2.45, 2.75) is 45.6 Å². The Balaban J connectivity index is 2.03. The van der Waals surface area contributed by atoms with Crippen LogP contribution in [0, 0.1) is 11.8 Å². The van der Waals surface area contributed by atoms with Gasteiger partial charge in [-0.3, -0.25) is 9.59 Å². The summed E-state index contributed by atoms with van der Waals surface area (Å²) in [6.45, 7) is 3.66. The highest BCUT2D eigenvalue weighted by molar-refractivity contribution is 5.91. The van der Waals surface area contributed by atoms with E-state index >= 15 is 0 Å². The highest BCUT2D eigenvalue weighted by Crippen LogP contribution is 2.28. The average molecular weight is 263 g/mol. The van der Waals surface area contributed by atoms with Gasteiger partial charge in [-0.2, -0.15) is 0 Å². The topological polar surface area (TPSA) is 74.8 Å². The second kappa shape index (κ2) is 5.99. The Morgan fingerprint density at radius 1 is 1.47 bits per heavy atom. The van der Waals surface area contributed by atoms with Crippen molar-refractivity contribution < 1.29 is 9.59 Å². The van der Waals surface area contributed by atoms with Crippen molar-refractivity contribution in [1.82, 2.24) is 15.3 Å². The quantitative estimate of drug-likeness (QED) is 0.816. The van der Waals surface area contributed by atoms with E-state index in [4.69, 9.17) is 0 Å². The summed E-state index contributed by atoms with van der Waals surface area (Å²) < 4.78 is 0. The van der Waals surface area contributed by atoms with Gasteiger partial charge in [0.1, 0.15) is 0 Å². The Bertz CT molecular complexity index is 436. The SMILES string of the molecule is CC(C)C(=O)NC(Cc1cnc[nH]1)C(=O)C1CCC1. The van der Waals surface area contributed by atoms with Crippen LogP contribution in [0.3, 0.4) is 0 Å². The summed E-state index contributed by atoms with van der Waals surface area (Å²) in [4.78, 5) is 31.1. The Morgan fingerprint density at radius 3 is 2.68 bits per heavy atom. The molecule has 1 aromatic heterocycles. The van der Waals surface area contributed by atoms with Crippen LogP contribution < -0.4 is 5.32 Å². The molecule has 0 aliphatic heterocycles. The molecule has 0 spiro atoms. The number of rotatable bonds is 6. The normalized spacial score (nSPS) is 17.0. The standard InChI is InChI=1S/C14H21N3O2/c1-9(2)14(19)17-12(6-11-7-15-8-16-11)13(18)10-4-3-5-10/h7-10,12H,3-6H2,1-2H3,(H,15,16)(H,17,19). The van der Waals surface area contributed by atoms with Gasteiger partial charge in [-0.1, -0.05) is 20.3 Å². The zero-order valence-electron chi connectivity index (χ0n) is 11.5. The van der Waals surface area contributed by atoms with Crippen molar-refractivity contribution >= 4 is 11.7 Å². The maximum Gasteiger partial charge on any atom is 0.223 e. The van der Waals surface area contributed by atoms with Crippen molar-refractivity contribution in [3.05, 3.63) is 18.2 Å². The minimum atomic E-state index is -0.430. The van der Waals surface area contributed by atoms with Crippen LogP contribution in [-0.2, 0) is 16.0 Å². The van der Waals surface area contributed by atoms with Gasteiger partial charge in [-0.15, -0.1) is 0 Å². The molecule has 0 bridgehead atoms. The van der Waals surface area contributed by atoms with E-state index in [-0.39, 0.29) is 23.5 Å². The van der Waals surface area contributed by atoms with Crippen LogP contribution >= 0.6 is 0 Å². The Labute approximate surface area is 113 Å². The molecule has 0 radical (unpaired) electrons. The van der Waals surface area contributed by atoms with Gasteiger partial charge in [-0.25, -0.2) is 4.98 Å². The molecule has 1 atom stereocenters. The molecule has 1 aliphatic carbocycles. The molecule has 0 aromatic carbocycles. The lowest BCUT2D eigenvalue weighted by Gasteiger charge is -2.29. The molecule has 0 saturated heterocycles. The third-order valence-corrected chi connectivity index (χ3v) is 3.67. The highest BCUT2D eigenvalue weighted by atomic mass is 16.2. The summed E-state index contributed by atoms with van der Waals surface area (Å²) in [7, 11) is 0. The van der Waals surface area contributed by atoms with Crippen LogP contribution in [0.15, 0.2) is 12.5 Å². The van der Waals surface area contributed by atoms with Crippen LogP contribution in [0.4, 0.5) is 0 Å². The lowest BCUT2D eigenvalue weighted by molar-refractivity contribution is -0.132. The fraction of sp³-hybridized carbons (Fsp3) is 0.643. The van der Waals surface area contributed by atoms with E-state index in [2.05, 4.69) is 15.3 Å². The molecule has 104 valence electrons. The van der Waals surface area contributed by atoms with E-state index in [1.807, 2.05) is 13.8 Å². The van der Waals surface area contributed by atoms with Crippen LogP contribution in [0.25, 0.3) is 0 Å². The number of aromatic nitrogens is 2. The molecule has 1 aromatic rings. The fourth-order valence-electron chi connectivity index (χ4n) is 2.15. The van der Waals surface area contributed by atoms with Crippen LogP contribution in [0.2, 0.25) is 0 Å². The van der Waals surface area contributed by atoms with Gasteiger partial charge in [0.15, 0.2) is 5.78 Å². The molecular formula is C14H21N3O2. The van der Waals surface area contributed by atoms with Gasteiger partial charge in [0, 0.05) is 30.1 Å². The number of Topliss-reactive ketones (excluding diaryl/α,β-unsaturated/α-hetero) is 1. The second-order valence-electron chi connectivity index (χ2n) is 5.53. The first-order chi connectivity index (χ1) is 9.08. The number of hydrogen-bond donors (Lipinski definition) is 2. The molecular weight excluding hydrogens is 242 g/mol. The Kier molecular flexibility index (Phi) is 4.35. The van der Waals surface area contributed by atoms with Gasteiger partial charge in [0.25, 0.3) is 0 Å². The van der Waals surface area contributed by atoms with Crippen molar-refractivity contribution in [1.29, 1.82) is 0 Å². The first kappa shape index (κ1) is 13.8. The molecule has 1 amide bonds. The summed E-state index contributed by atoms with van der Waals surface area (Å²) in [5.74, 6) is 0.103. The van der Waals surface area contributed by atoms with Gasteiger partial charge in [0.05, 0.1) is 12.4 Å². The molecule has 1 fully saturated rings. The molecule has 1 unspecified atom stereocenters. The van der Waals surface area contributed by atoms with E-state index in [0.717, 1.165) is 25.0 Å². The minimum Gasteiger partial charge on any atom is -0.348 e. The number of nitrogens with one attached hydrogen (secondary N) is 2. The number of H-pyrrole nitrogens is 1. The number of imidazole rings is 1. The Hall–Kier alpha value is -1.65. The summed E-state index contributed by atoms with van der Waals surface area (Å²) in [5, 5.41) is 2.87. The van der Waals surface area contributed by atoms with Crippen molar-refractivity contribution in [3.63, 3.8) is 0 Å². The maximum absolute atomic E-state index is 12.4. The summed E-state index contributed by atoms with van der Waals surface area (Å²) in [5.41, 5.74) is 0.877. The van der Waals surface area contributed by atoms with Crippen molar-refractivity contribution in [2.75, 3.05) is 0 Å². The monoisotopic (exact) mass is 263 g/mol. The molecule has 2 N–H and O–H groups in total. The van der Waals surface area contributed by atoms with E-state index in [0.29, 0.717) is 6.42 Å². The lowest BCUT2D eigenvalue weighted by Crippen LogP contribution is -2.47. The fourth-order valence-corrected chi connectivity index (χ4v) is 2.15. The lowest BCUT2D eigenvalue weighted by atomic mass is 9.79. The number of ketones is 1. The third-order valence-electron chi connectivity index (χ3n) is 3.67. The van der Waals surface area contributed by atoms with Gasteiger partial charge < -0.3 is 10.3 Å². The minimum absolute atomic E-state index is 0.0720. The van der Waals surface area contributed by atoms with E-state index in [1.54, 1.807) is 12.5 Å². The van der Waals surface area contributed by atoms with Crippen LogP contribution in [0.5, 0.6) is 0 Å². The zero-order chi connectivity index (χ0) is 13.8. The first-order valence-electron chi connectivity index (χ1n) is 6.89. The van der Waals surface area contributed by atoms with E-state index in [9.17, 15) is 9.59 Å². The molecule has 1 heterocycles. The predicted molar refractivity (Wildman–Crippen MR) is 71.4 cm³/mol. The first-order valence-corrected chi connectivity index (χ1v) is 6.89. The average Bonchev–Trinajstić information content (AvgIpc) is 2.78. The number of aromatic amines is 1. The van der Waals surface area contributed by atoms with Crippen molar-refractivity contribution in [3.8, 4) is 0 Å². The molecule has 19 heavy (non-hydrogen) atoms. The number of amides is 1. The summed E-state index contributed by atoms with van der Waals surface area (Å²) >= 11 is 0. The number of carbonyl (C=O) groups excluding carboxylic acids is 2. The molecule has 2 rings (SSSR count). The zero-order valence-corrected chi connectivity index (χ0v) is 11.5.